The Balaban J connectivity index is 0.748. The van der Waals surface area contributed by atoms with E-state index >= 15 is 0 Å². The number of carboxylic acid groups (broad SMARTS) is 1. The average molecular weight is 1530 g/mol. The zero-order valence-electron chi connectivity index (χ0n) is 66.8. The average Bonchev–Trinajstić information content (AvgIpc) is 1.52. The minimum atomic E-state index is -1.18. The van der Waals surface area contributed by atoms with Gasteiger partial charge in [0.05, 0.1) is 114 Å². The van der Waals surface area contributed by atoms with Crippen molar-refractivity contribution in [2.45, 2.75) is 182 Å². The number of fused-ring (bicyclic) bond motifs is 5. The number of carboxylic acids is 1. The highest BCUT2D eigenvalue weighted by atomic mass is 16.6. The highest BCUT2D eigenvalue weighted by Gasteiger charge is 2.44. The van der Waals surface area contributed by atoms with Crippen LogP contribution in [-0.2, 0) is 97.5 Å². The van der Waals surface area contributed by atoms with E-state index in [2.05, 4.69) is 52.4 Å². The van der Waals surface area contributed by atoms with Gasteiger partial charge >= 0.3 is 5.97 Å². The number of ether oxygens (including phenoxy) is 6. The summed E-state index contributed by atoms with van der Waals surface area (Å²) in [6.07, 6.45) is 1.78. The van der Waals surface area contributed by atoms with Gasteiger partial charge in [0, 0.05) is 98.2 Å². The van der Waals surface area contributed by atoms with E-state index in [1.54, 1.807) is 71.9 Å². The number of methoxy groups -OCH3 is 2. The molecule has 0 aliphatic carbocycles. The molecule has 1 saturated heterocycles. The maximum absolute atomic E-state index is 14.8. The molecule has 2 aliphatic rings. The van der Waals surface area contributed by atoms with Crippen LogP contribution in [0.3, 0.4) is 0 Å². The SMILES string of the molecule is CCc1ccc(Cn2nnc3c2-c2ccccc2CN(C(=O)CCNC(=O)CCOCCOCCOCCOCCN(C)C(=O)CCCC(=O)N(C)[C@H](C(=O)N[C@H](C(=O)N(C)[C@@H]([C@@H](C)CC)[C@@H](CC(=O)N2CCC[C@H]2[C@H](OC)[C@@H](C)C(=O)N[C@@H](Cc2ccccc2)C(=O)O)OC)C(C)C)C(C)C)c2ccccc2-3)cc1. The van der Waals surface area contributed by atoms with Gasteiger partial charge in [-0.05, 0) is 71.8 Å². The van der Waals surface area contributed by atoms with E-state index in [0.717, 1.165) is 45.6 Å². The molecule has 0 spiro atoms. The summed E-state index contributed by atoms with van der Waals surface area (Å²) in [4.78, 5) is 131. The molecule has 0 saturated carbocycles. The third-order valence-electron chi connectivity index (χ3n) is 21.0. The number of benzene rings is 4. The number of para-hydroxylation sites is 1. The van der Waals surface area contributed by atoms with Crippen LogP contribution in [0.15, 0.2) is 103 Å². The number of aromatic nitrogens is 3. The van der Waals surface area contributed by atoms with Gasteiger partial charge in [0.2, 0.25) is 47.3 Å². The van der Waals surface area contributed by atoms with Crippen LogP contribution in [0.5, 0.6) is 0 Å². The fourth-order valence-corrected chi connectivity index (χ4v) is 14.5. The topological polar surface area (TPSA) is 312 Å². The van der Waals surface area contributed by atoms with Crippen LogP contribution in [0, 0.1) is 23.7 Å². The summed E-state index contributed by atoms with van der Waals surface area (Å²) >= 11 is 0. The molecule has 7 rings (SSSR count). The first-order chi connectivity index (χ1) is 52.8. The second kappa shape index (κ2) is 44.8. The number of likely N-dealkylation sites (N-methyl/N-ethyl adjacent to an activating group) is 3. The lowest BCUT2D eigenvalue weighted by atomic mass is 9.89. The number of rotatable bonds is 46. The Morgan fingerprint density at radius 1 is 0.636 bits per heavy atom. The van der Waals surface area contributed by atoms with Crippen molar-refractivity contribution in [3.8, 4) is 22.5 Å². The van der Waals surface area contributed by atoms with Crippen LogP contribution in [0.4, 0.5) is 5.69 Å². The van der Waals surface area contributed by atoms with E-state index in [9.17, 15) is 48.3 Å². The monoisotopic (exact) mass is 1530 g/mol. The predicted octanol–water partition coefficient (Wildman–Crippen LogP) is 8.02. The largest absolute Gasteiger partial charge is 0.480 e. The summed E-state index contributed by atoms with van der Waals surface area (Å²) in [6, 6.07) is 29.0. The Labute approximate surface area is 649 Å². The Bertz CT molecular complexity index is 3780. The van der Waals surface area contributed by atoms with Gasteiger partial charge in [0.1, 0.15) is 23.8 Å². The summed E-state index contributed by atoms with van der Waals surface area (Å²) < 4.78 is 36.6. The zero-order chi connectivity index (χ0) is 80.0. The standard InChI is InChI=1S/C83H119N11O16/c1-14-57(7)77(68(105-12)52-73(99)92-41-24-31-67(92)79(106-13)58(8)80(100)85-65(83(103)104)51-60-25-17-16-18-26-60)91(11)82(102)74(55(3)4)86-81(101)76(56(5)6)90(10)71(97)33-23-32-70(96)89(9)42-44-108-46-48-110-50-49-109-47-45-107-43-39-69(95)84-40-38-72(98)93-54-62-27-19-20-28-63(62)78-75(64-29-21-22-30-66(64)93)87-88-94(78)53-61-36-34-59(15-2)35-37-61/h16-22,25-30,34-37,55-58,65,67-68,74,76-77,79H,14-15,23-24,31-33,38-54H2,1-13H3,(H,84,95)(H,85,100)(H,86,101)(H,103,104)/t57-,58+,65-,67-,68+,74-,76-,77-,79+/m0/s1. The van der Waals surface area contributed by atoms with Crippen molar-refractivity contribution in [2.75, 3.05) is 113 Å². The Morgan fingerprint density at radius 3 is 1.88 bits per heavy atom. The normalized spacial score (nSPS) is 15.5. The lowest BCUT2D eigenvalue weighted by Gasteiger charge is -2.41. The third-order valence-corrected chi connectivity index (χ3v) is 21.0. The maximum atomic E-state index is 14.8. The van der Waals surface area contributed by atoms with E-state index in [4.69, 9.17) is 33.5 Å². The molecule has 27 heteroatoms. The van der Waals surface area contributed by atoms with Gasteiger partial charge in [-0.3, -0.25) is 38.4 Å². The van der Waals surface area contributed by atoms with Crippen LogP contribution < -0.4 is 20.9 Å². The first kappa shape index (κ1) is 88.2. The molecule has 8 amide bonds. The zero-order valence-corrected chi connectivity index (χ0v) is 66.8. The highest BCUT2D eigenvalue weighted by molar-refractivity contribution is 6.00. The van der Waals surface area contributed by atoms with Crippen molar-refractivity contribution in [2.24, 2.45) is 23.7 Å². The van der Waals surface area contributed by atoms with Gasteiger partial charge in [-0.15, -0.1) is 5.10 Å². The minimum absolute atomic E-state index is 0.00510. The van der Waals surface area contributed by atoms with E-state index in [1.807, 2.05) is 101 Å². The number of anilines is 1. The van der Waals surface area contributed by atoms with Gasteiger partial charge in [0.25, 0.3) is 0 Å². The molecule has 0 unspecified atom stereocenters. The number of hydrogen-bond acceptors (Lipinski definition) is 17. The molecular weight excluding hydrogens is 1410 g/mol. The number of aryl methyl sites for hydroxylation is 1. The van der Waals surface area contributed by atoms with E-state index in [1.165, 1.54) is 24.7 Å². The molecule has 0 radical (unpaired) electrons. The summed E-state index contributed by atoms with van der Waals surface area (Å²) in [5.41, 5.74) is 8.16. The molecule has 602 valence electrons. The molecule has 4 aromatic carbocycles. The van der Waals surface area contributed by atoms with Crippen molar-refractivity contribution in [3.63, 3.8) is 0 Å². The number of aliphatic carboxylic acids is 1. The first-order valence-electron chi connectivity index (χ1n) is 38.9. The number of carbonyl (C=O) groups excluding carboxylic acids is 8. The Kier molecular flexibility index (Phi) is 35.9. The van der Waals surface area contributed by atoms with Gasteiger partial charge in [-0.25, -0.2) is 9.48 Å². The molecule has 1 fully saturated rings. The molecule has 9 atom stereocenters. The minimum Gasteiger partial charge on any atom is -0.480 e. The smallest absolute Gasteiger partial charge is 0.326 e. The molecule has 3 heterocycles. The fourth-order valence-electron chi connectivity index (χ4n) is 14.5. The van der Waals surface area contributed by atoms with Crippen LogP contribution in [0.1, 0.15) is 135 Å². The molecule has 0 bridgehead atoms. The number of nitrogens with one attached hydrogen (secondary N) is 3. The van der Waals surface area contributed by atoms with E-state index in [0.29, 0.717) is 84.2 Å². The molecular formula is C83H119N11O16. The lowest BCUT2D eigenvalue weighted by molar-refractivity contribution is -0.149. The number of amides is 8. The second-order valence-electron chi connectivity index (χ2n) is 29.3. The van der Waals surface area contributed by atoms with Crippen molar-refractivity contribution in [1.29, 1.82) is 0 Å². The number of hydrogen-bond donors (Lipinski definition) is 4. The van der Waals surface area contributed by atoms with E-state index in [-0.39, 0.29) is 119 Å². The number of likely N-dealkylation sites (tertiary alicyclic amines) is 1. The van der Waals surface area contributed by atoms with Gasteiger partial charge in [-0.2, -0.15) is 0 Å². The Morgan fingerprint density at radius 2 is 1.25 bits per heavy atom. The van der Waals surface area contributed by atoms with Crippen LogP contribution >= 0.6 is 0 Å². The van der Waals surface area contributed by atoms with Gasteiger partial charge in [0.15, 0.2) is 0 Å². The highest BCUT2D eigenvalue weighted by Crippen LogP contribution is 2.42. The van der Waals surface area contributed by atoms with E-state index < -0.39 is 72.0 Å². The fraction of sp³-hybridized carbons (Fsp3) is 0.578. The quantitative estimate of drug-likeness (QED) is 0.0268. The Hall–Kier alpha value is -8.99. The van der Waals surface area contributed by atoms with Crippen molar-refractivity contribution >= 4 is 58.9 Å². The lowest BCUT2D eigenvalue weighted by Crippen LogP contribution is -2.60. The molecule has 1 aromatic heterocycles. The summed E-state index contributed by atoms with van der Waals surface area (Å²) in [5, 5.41) is 27.9. The van der Waals surface area contributed by atoms with Crippen LogP contribution in [0.25, 0.3) is 22.5 Å². The molecule has 2 aliphatic heterocycles. The van der Waals surface area contributed by atoms with Crippen LogP contribution in [-0.4, -0.2) is 243 Å². The third kappa shape index (κ3) is 25.0. The summed E-state index contributed by atoms with van der Waals surface area (Å²) in [7, 11) is 7.83. The molecule has 5 aromatic rings. The number of nitrogens with zero attached hydrogens (tertiary/aromatic N) is 8. The van der Waals surface area contributed by atoms with Gasteiger partial charge < -0.3 is 74.0 Å². The number of carbonyl (C=O) groups is 9. The molecule has 4 N–H and O–H groups in total. The molecule has 110 heavy (non-hydrogen) atoms. The van der Waals surface area contributed by atoms with Crippen molar-refractivity contribution in [3.05, 3.63) is 125 Å². The second-order valence-corrected chi connectivity index (χ2v) is 29.3. The van der Waals surface area contributed by atoms with Crippen molar-refractivity contribution in [1.82, 2.24) is 50.5 Å². The first-order valence-corrected chi connectivity index (χ1v) is 38.9. The maximum Gasteiger partial charge on any atom is 0.326 e. The van der Waals surface area contributed by atoms with Gasteiger partial charge in [-0.1, -0.05) is 164 Å². The predicted molar refractivity (Wildman–Crippen MR) is 418 cm³/mol. The van der Waals surface area contributed by atoms with Crippen molar-refractivity contribution < 1.29 is 76.7 Å². The molecule has 27 nitrogen and oxygen atoms in total. The van der Waals surface area contributed by atoms with Crippen LogP contribution in [0.2, 0.25) is 0 Å². The summed E-state index contributed by atoms with van der Waals surface area (Å²) in [6.45, 7) is 19.1. The summed E-state index contributed by atoms with van der Waals surface area (Å²) in [5.74, 6) is -5.45.